The van der Waals surface area contributed by atoms with Crippen LogP contribution in [0.4, 0.5) is 20.6 Å². The van der Waals surface area contributed by atoms with Crippen molar-refractivity contribution in [1.29, 1.82) is 0 Å². The summed E-state index contributed by atoms with van der Waals surface area (Å²) in [5.41, 5.74) is 3.26. The van der Waals surface area contributed by atoms with Gasteiger partial charge in [0.15, 0.2) is 0 Å². The van der Waals surface area contributed by atoms with Crippen LogP contribution in [-0.4, -0.2) is 180 Å². The Kier molecular flexibility index (Phi) is 22.4. The molecule has 4 aliphatic rings. The molecule has 3 aromatic rings. The largest absolute Gasteiger partial charge is 0.457 e. The number of ether oxygens (including phenoxy) is 2. The van der Waals surface area contributed by atoms with E-state index < -0.39 is 76.0 Å². The number of hydrogen-bond donors (Lipinski definition) is 4. The molecule has 22 nitrogen and oxygen atoms in total. The molecule has 2 fully saturated rings. The number of aryl methyl sites for hydroxylation is 1. The van der Waals surface area contributed by atoms with Gasteiger partial charge < -0.3 is 39.9 Å². The van der Waals surface area contributed by atoms with Crippen molar-refractivity contribution >= 4 is 69.1 Å². The van der Waals surface area contributed by atoms with Crippen molar-refractivity contribution in [3.8, 4) is 0 Å². The van der Waals surface area contributed by atoms with E-state index in [0.29, 0.717) is 98.5 Å². The van der Waals surface area contributed by atoms with E-state index in [2.05, 4.69) is 28.1 Å². The molecule has 7 rings (SSSR count). The van der Waals surface area contributed by atoms with Crippen molar-refractivity contribution < 1.29 is 65.4 Å². The first-order valence-corrected chi connectivity index (χ1v) is 30.8. The summed E-state index contributed by atoms with van der Waals surface area (Å²) >= 11 is 0. The summed E-state index contributed by atoms with van der Waals surface area (Å²) < 4.78 is 57.5. The molecular weight excluding hydrogens is 1120 g/mol. The summed E-state index contributed by atoms with van der Waals surface area (Å²) in [5.74, 6) is -3.90. The standard InChI is InChI=1S/C61H83FN10O12S/c1-40(2)57(66-53(74)12-10-9-11-23-71-54(75)21-22-55(71)76)60(79)64-44(6)59(78)65-48-17-15-45(16-18-48)39-72(8)30-28-69(29-31-72)61(80)83-52-20-14-42(4)58(84-56(77)36-50(73)19-13-41(52)3)43(5)32-46-33-47(62)35-49(34-46)68-24-26-70(27-25-68)85(81,82)51-37-63-67(7)38-51/h14-18,20-22,32-35,37-38,40-42,44,50,52,57-58,73H,9-13,19,23-31,36,39H2,1-8H3,(H2-,64,65,66,74,78,79)/p+1/b20-14+,43-32+/t41-,42-,44-,50+,52-,57-,58-/m0/s1. The molecule has 462 valence electrons. The van der Waals surface area contributed by atoms with Crippen molar-refractivity contribution in [2.45, 2.75) is 128 Å². The Balaban J connectivity index is 0.885. The lowest BCUT2D eigenvalue weighted by atomic mass is 9.91. The maximum atomic E-state index is 15.3. The Bertz CT molecular complexity index is 3080. The van der Waals surface area contributed by atoms with E-state index >= 15 is 4.39 Å². The van der Waals surface area contributed by atoms with Crippen LogP contribution in [-0.2, 0) is 61.9 Å². The third kappa shape index (κ3) is 18.1. The number of nitrogens with zero attached hydrogens (tertiary/aromatic N) is 7. The molecule has 6 amide bonds. The molecule has 1 aromatic heterocycles. The zero-order chi connectivity index (χ0) is 61.8. The monoisotopic (exact) mass is 1200 g/mol. The van der Waals surface area contributed by atoms with Crippen molar-refractivity contribution in [2.24, 2.45) is 24.8 Å². The molecule has 0 aliphatic carbocycles. The van der Waals surface area contributed by atoms with Gasteiger partial charge in [0.2, 0.25) is 27.7 Å². The molecule has 0 bridgehead atoms. The number of aliphatic hydroxyl groups excluding tert-OH is 1. The number of quaternary nitrogens is 1. The number of nitrogens with one attached hydrogen (secondary N) is 3. The summed E-state index contributed by atoms with van der Waals surface area (Å²) in [6.45, 7) is 14.9. The molecule has 0 unspecified atom stereocenters. The molecule has 2 saturated heterocycles. The predicted molar refractivity (Wildman–Crippen MR) is 317 cm³/mol. The zero-order valence-electron chi connectivity index (χ0n) is 50.1. The number of aliphatic hydroxyl groups is 1. The SMILES string of the molecule is C/C(=C\c1cc(F)cc(N2CCN(S(=O)(=O)c3cnn(C)c3)CC2)c1)[C@H]1OC(=O)C[C@H](O)CC[C@H](C)[C@@H](OC(=O)N2CC[N+](C)(Cc3ccc(NC(=O)[C@H](C)NC(=O)[C@@H](NC(=O)CCCCCN4C(=O)C=CC4=O)C(C)C)cc3)CC2)/C=C/[C@@H]1C. The number of rotatable bonds is 20. The van der Waals surface area contributed by atoms with Gasteiger partial charge >= 0.3 is 12.1 Å². The average Bonchev–Trinajstić information content (AvgIpc) is 3.70. The highest BCUT2D eigenvalue weighted by Crippen LogP contribution is 2.29. The highest BCUT2D eigenvalue weighted by atomic mass is 32.2. The van der Waals surface area contributed by atoms with Gasteiger partial charge in [0.1, 0.15) is 41.5 Å². The topological polar surface area (TPSA) is 259 Å². The van der Waals surface area contributed by atoms with Crippen LogP contribution in [0.5, 0.6) is 0 Å². The predicted octanol–water partition coefficient (Wildman–Crippen LogP) is 5.30. The summed E-state index contributed by atoms with van der Waals surface area (Å²) in [6.07, 6.45) is 10.1. The van der Waals surface area contributed by atoms with E-state index in [-0.39, 0.29) is 73.3 Å². The summed E-state index contributed by atoms with van der Waals surface area (Å²) in [4.78, 5) is 94.9. The van der Waals surface area contributed by atoms with Crippen molar-refractivity contribution in [1.82, 2.24) is 34.5 Å². The summed E-state index contributed by atoms with van der Waals surface area (Å²) in [7, 11) is 0.0315. The fourth-order valence-corrected chi connectivity index (χ4v) is 12.3. The van der Waals surface area contributed by atoms with Crippen LogP contribution in [0, 0.1) is 23.6 Å². The average molecular weight is 1200 g/mol. The third-order valence-electron chi connectivity index (χ3n) is 16.2. The number of cyclic esters (lactones) is 1. The Labute approximate surface area is 498 Å². The molecule has 0 radical (unpaired) electrons. The van der Waals surface area contributed by atoms with Gasteiger partial charge in [0.05, 0.1) is 51.9 Å². The van der Waals surface area contributed by atoms with Crippen molar-refractivity contribution in [2.75, 3.05) is 76.2 Å². The number of benzene rings is 2. The van der Waals surface area contributed by atoms with Crippen LogP contribution >= 0.6 is 0 Å². The van der Waals surface area contributed by atoms with Crippen molar-refractivity contribution in [3.63, 3.8) is 0 Å². The molecule has 24 heteroatoms. The number of piperazine rings is 2. The smallest absolute Gasteiger partial charge is 0.410 e. The Morgan fingerprint density at radius 3 is 2.22 bits per heavy atom. The van der Waals surface area contributed by atoms with Gasteiger partial charge in [-0.2, -0.15) is 9.40 Å². The lowest BCUT2D eigenvalue weighted by Crippen LogP contribution is -2.58. The molecule has 4 aliphatic heterocycles. The van der Waals surface area contributed by atoms with Gasteiger partial charge in [0.25, 0.3) is 11.8 Å². The number of halogens is 1. The van der Waals surface area contributed by atoms with E-state index in [1.807, 2.05) is 49.1 Å². The second kappa shape index (κ2) is 29.2. The maximum absolute atomic E-state index is 15.3. The van der Waals surface area contributed by atoms with Crippen LogP contribution in [0.1, 0.15) is 97.6 Å². The van der Waals surface area contributed by atoms with Gasteiger partial charge in [-0.05, 0) is 98.9 Å². The van der Waals surface area contributed by atoms with Crippen LogP contribution < -0.4 is 20.9 Å². The highest BCUT2D eigenvalue weighted by Gasteiger charge is 2.36. The Morgan fingerprint density at radius 2 is 1.58 bits per heavy atom. The number of unbranched alkanes of at least 4 members (excludes halogenated alkanes) is 2. The number of amides is 6. The number of aromatic nitrogens is 2. The fraction of sp³-hybridized carbons (Fsp3) is 0.541. The minimum Gasteiger partial charge on any atom is -0.457 e. The molecule has 85 heavy (non-hydrogen) atoms. The first-order valence-electron chi connectivity index (χ1n) is 29.4. The Morgan fingerprint density at radius 1 is 0.894 bits per heavy atom. The summed E-state index contributed by atoms with van der Waals surface area (Å²) in [5, 5.41) is 23.3. The third-order valence-corrected chi connectivity index (χ3v) is 18.1. The van der Waals surface area contributed by atoms with E-state index in [1.54, 1.807) is 57.9 Å². The number of carbonyl (C=O) groups excluding carboxylic acids is 7. The maximum Gasteiger partial charge on any atom is 0.410 e. The minimum atomic E-state index is -3.74. The zero-order valence-corrected chi connectivity index (χ0v) is 50.9. The molecule has 2 aromatic carbocycles. The van der Waals surface area contributed by atoms with E-state index in [9.17, 15) is 47.1 Å². The van der Waals surface area contributed by atoms with E-state index in [0.717, 1.165) is 10.5 Å². The number of imide groups is 1. The molecule has 0 spiro atoms. The molecule has 4 N–H and O–H groups in total. The van der Waals surface area contributed by atoms with E-state index in [1.165, 1.54) is 45.7 Å². The summed E-state index contributed by atoms with van der Waals surface area (Å²) in [6, 6.07) is 10.3. The van der Waals surface area contributed by atoms with Gasteiger partial charge in [-0.1, -0.05) is 58.4 Å². The van der Waals surface area contributed by atoms with Crippen LogP contribution in [0.15, 0.2) is 89.6 Å². The lowest BCUT2D eigenvalue weighted by molar-refractivity contribution is -0.926. The number of likely N-dealkylation sites (N-methyl/N-ethyl adjacent to an activating group) is 1. The van der Waals surface area contributed by atoms with Crippen molar-refractivity contribution in [3.05, 3.63) is 102 Å². The van der Waals surface area contributed by atoms with Gasteiger partial charge in [0, 0.05) is 87.4 Å². The number of hydrogen-bond acceptors (Lipinski definition) is 14. The van der Waals surface area contributed by atoms with Gasteiger partial charge in [-0.15, -0.1) is 0 Å². The molecular formula is C61H84FN10O12S+. The fourth-order valence-electron chi connectivity index (χ4n) is 10.9. The molecule has 5 heterocycles. The first kappa shape index (κ1) is 65.3. The van der Waals surface area contributed by atoms with Gasteiger partial charge in [-0.25, -0.2) is 17.6 Å². The first-order chi connectivity index (χ1) is 40.3. The van der Waals surface area contributed by atoms with Gasteiger partial charge in [-0.3, -0.25) is 43.2 Å². The quantitative estimate of drug-likeness (QED) is 0.0369. The number of anilines is 2. The number of carbonyl (C=O) groups is 7. The van der Waals surface area contributed by atoms with Crippen LogP contribution in [0.25, 0.3) is 6.08 Å². The molecule has 7 atom stereocenters. The number of sulfonamides is 1. The normalized spacial score (nSPS) is 22.9. The highest BCUT2D eigenvalue weighted by molar-refractivity contribution is 7.89. The number of esters is 1. The molecule has 0 saturated carbocycles. The van der Waals surface area contributed by atoms with Crippen LogP contribution in [0.3, 0.4) is 0 Å². The second-order valence-corrected chi connectivity index (χ2v) is 25.6. The minimum absolute atomic E-state index is 0.110. The Hall–Kier alpha value is -7.28. The van der Waals surface area contributed by atoms with Crippen LogP contribution in [0.2, 0.25) is 0 Å². The lowest BCUT2D eigenvalue weighted by Gasteiger charge is -2.42. The second-order valence-electron chi connectivity index (χ2n) is 23.7. The van der Waals surface area contributed by atoms with E-state index in [4.69, 9.17) is 9.47 Å².